The molecule has 1 aromatic carbocycles. The van der Waals surface area contributed by atoms with Crippen molar-refractivity contribution in [3.05, 3.63) is 35.6 Å². The van der Waals surface area contributed by atoms with Crippen molar-refractivity contribution < 1.29 is 9.18 Å². The maximum atomic E-state index is 12.9. The number of hydrogen-bond acceptors (Lipinski definition) is 1. The first-order valence-electron chi connectivity index (χ1n) is 5.29. The van der Waals surface area contributed by atoms with Crippen LogP contribution in [0.1, 0.15) is 26.3 Å². The van der Waals surface area contributed by atoms with Gasteiger partial charge in [0.25, 0.3) is 0 Å². The van der Waals surface area contributed by atoms with Gasteiger partial charge in [0.05, 0.1) is 0 Å². The van der Waals surface area contributed by atoms with E-state index in [-0.39, 0.29) is 23.4 Å². The number of ketones is 1. The van der Waals surface area contributed by atoms with Crippen LogP contribution >= 0.6 is 0 Å². The molecule has 1 nitrogen and oxygen atoms in total. The molecule has 0 aromatic heterocycles. The van der Waals surface area contributed by atoms with Crippen LogP contribution in [0.3, 0.4) is 0 Å². The maximum absolute atomic E-state index is 12.9. The van der Waals surface area contributed by atoms with Gasteiger partial charge < -0.3 is 0 Å². The van der Waals surface area contributed by atoms with E-state index in [1.165, 1.54) is 12.1 Å². The second-order valence-electron chi connectivity index (χ2n) is 4.29. The highest BCUT2D eigenvalue weighted by Gasteiger charge is 2.16. The van der Waals surface area contributed by atoms with Crippen molar-refractivity contribution in [1.29, 1.82) is 0 Å². The van der Waals surface area contributed by atoms with Gasteiger partial charge >= 0.3 is 0 Å². The first kappa shape index (κ1) is 11.9. The molecule has 0 N–H and O–H groups in total. The number of rotatable bonds is 4. The molecule has 2 heteroatoms. The van der Waals surface area contributed by atoms with Crippen LogP contribution in [0.4, 0.5) is 4.39 Å². The van der Waals surface area contributed by atoms with E-state index < -0.39 is 0 Å². The average Bonchev–Trinajstić information content (AvgIpc) is 2.16. The topological polar surface area (TPSA) is 17.1 Å². The van der Waals surface area contributed by atoms with E-state index in [0.29, 0.717) is 6.42 Å². The third-order valence-corrected chi connectivity index (χ3v) is 2.49. The number of hydrogen-bond donors (Lipinski definition) is 0. The lowest BCUT2D eigenvalue weighted by molar-refractivity contribution is -0.125. The molecule has 0 spiro atoms. The predicted octanol–water partition coefficient (Wildman–Crippen LogP) is 3.23. The highest BCUT2D eigenvalue weighted by molar-refractivity contribution is 5.82. The van der Waals surface area contributed by atoms with Crippen LogP contribution in [0.25, 0.3) is 0 Å². The maximum Gasteiger partial charge on any atom is 0.138 e. The van der Waals surface area contributed by atoms with Gasteiger partial charge in [-0.3, -0.25) is 4.79 Å². The second-order valence-corrected chi connectivity index (χ2v) is 4.29. The van der Waals surface area contributed by atoms with Gasteiger partial charge in [-0.25, -0.2) is 4.39 Å². The molecule has 0 bridgehead atoms. The van der Waals surface area contributed by atoms with Crippen LogP contribution < -0.4 is 0 Å². The van der Waals surface area contributed by atoms with Gasteiger partial charge in [-0.15, -0.1) is 0 Å². The zero-order valence-corrected chi connectivity index (χ0v) is 9.46. The van der Waals surface area contributed by atoms with Crippen molar-refractivity contribution in [2.24, 2.45) is 11.8 Å². The summed E-state index contributed by atoms with van der Waals surface area (Å²) in [5, 5.41) is 0. The fourth-order valence-electron chi connectivity index (χ4n) is 1.69. The first-order valence-corrected chi connectivity index (χ1v) is 5.29. The monoisotopic (exact) mass is 208 g/mol. The normalized spacial score (nSPS) is 12.9. The number of benzene rings is 1. The van der Waals surface area contributed by atoms with Crippen LogP contribution in [0.2, 0.25) is 0 Å². The van der Waals surface area contributed by atoms with Crippen molar-refractivity contribution in [3.63, 3.8) is 0 Å². The second kappa shape index (κ2) is 5.06. The fraction of sp³-hybridized carbons (Fsp3) is 0.462. The molecule has 0 aliphatic carbocycles. The molecule has 0 heterocycles. The average molecular weight is 208 g/mol. The predicted molar refractivity (Wildman–Crippen MR) is 59.1 cm³/mol. The van der Waals surface area contributed by atoms with Gasteiger partial charge in [0.15, 0.2) is 0 Å². The van der Waals surface area contributed by atoms with Crippen LogP contribution in [0, 0.1) is 17.7 Å². The molecule has 1 atom stereocenters. The summed E-state index contributed by atoms with van der Waals surface area (Å²) in [6, 6.07) is 6.44. The van der Waals surface area contributed by atoms with Gasteiger partial charge in [0.1, 0.15) is 11.6 Å². The van der Waals surface area contributed by atoms with Crippen LogP contribution in [-0.4, -0.2) is 5.78 Å². The Morgan fingerprint density at radius 2 is 2.00 bits per heavy atom. The lowest BCUT2D eigenvalue weighted by Gasteiger charge is -2.12. The Kier molecular flexibility index (Phi) is 4.01. The molecular weight excluding hydrogens is 191 g/mol. The van der Waals surface area contributed by atoms with Crippen molar-refractivity contribution in [2.75, 3.05) is 0 Å². The van der Waals surface area contributed by atoms with Crippen LogP contribution in [0.5, 0.6) is 0 Å². The van der Waals surface area contributed by atoms with Crippen molar-refractivity contribution in [1.82, 2.24) is 0 Å². The lowest BCUT2D eigenvalue weighted by Crippen LogP contribution is -2.19. The standard InChI is InChI=1S/C13H17FO/c1-9(2)13(15)10(3)7-11-5-4-6-12(14)8-11/h4-6,8-10H,7H2,1-3H3. The molecule has 1 unspecified atom stereocenters. The number of Topliss-reactive ketones (excluding diaryl/α,β-unsaturated/α-hetero) is 1. The highest BCUT2D eigenvalue weighted by Crippen LogP contribution is 2.14. The fourth-order valence-corrected chi connectivity index (χ4v) is 1.69. The van der Waals surface area contributed by atoms with E-state index in [1.54, 1.807) is 6.07 Å². The van der Waals surface area contributed by atoms with Crippen LogP contribution in [-0.2, 0) is 11.2 Å². The Labute approximate surface area is 90.3 Å². The zero-order chi connectivity index (χ0) is 11.4. The molecule has 0 saturated carbocycles. The summed E-state index contributed by atoms with van der Waals surface area (Å²) >= 11 is 0. The largest absolute Gasteiger partial charge is 0.299 e. The third-order valence-electron chi connectivity index (χ3n) is 2.49. The number of carbonyl (C=O) groups is 1. The Balaban J connectivity index is 2.66. The summed E-state index contributed by atoms with van der Waals surface area (Å²) in [6.07, 6.45) is 0.620. The van der Waals surface area contributed by atoms with Crippen molar-refractivity contribution in [2.45, 2.75) is 27.2 Å². The summed E-state index contributed by atoms with van der Waals surface area (Å²) in [5.41, 5.74) is 0.886. The molecule has 0 fully saturated rings. The SMILES string of the molecule is CC(C)C(=O)C(C)Cc1cccc(F)c1. The molecule has 0 aliphatic rings. The zero-order valence-electron chi connectivity index (χ0n) is 9.46. The first-order chi connectivity index (χ1) is 7.00. The molecular formula is C13H17FO. The Hall–Kier alpha value is -1.18. The van der Waals surface area contributed by atoms with Gasteiger partial charge in [-0.05, 0) is 24.1 Å². The molecule has 0 saturated heterocycles. The molecule has 1 aromatic rings. The summed E-state index contributed by atoms with van der Waals surface area (Å²) in [4.78, 5) is 11.6. The Morgan fingerprint density at radius 3 is 2.53 bits per heavy atom. The molecule has 82 valence electrons. The number of halogens is 1. The summed E-state index contributed by atoms with van der Waals surface area (Å²) in [6.45, 7) is 5.68. The van der Waals surface area contributed by atoms with Gasteiger partial charge in [0.2, 0.25) is 0 Å². The summed E-state index contributed by atoms with van der Waals surface area (Å²) < 4.78 is 12.9. The summed E-state index contributed by atoms with van der Waals surface area (Å²) in [7, 11) is 0. The minimum Gasteiger partial charge on any atom is -0.299 e. The third kappa shape index (κ3) is 3.46. The Morgan fingerprint density at radius 1 is 1.33 bits per heavy atom. The van der Waals surface area contributed by atoms with E-state index in [0.717, 1.165) is 5.56 Å². The minimum atomic E-state index is -0.239. The smallest absolute Gasteiger partial charge is 0.138 e. The minimum absolute atomic E-state index is 0.0354. The quantitative estimate of drug-likeness (QED) is 0.742. The molecule has 0 amide bonds. The van der Waals surface area contributed by atoms with E-state index >= 15 is 0 Å². The van der Waals surface area contributed by atoms with E-state index in [1.807, 2.05) is 26.8 Å². The van der Waals surface area contributed by atoms with E-state index in [9.17, 15) is 9.18 Å². The Bertz CT molecular complexity index is 344. The van der Waals surface area contributed by atoms with E-state index in [2.05, 4.69) is 0 Å². The highest BCUT2D eigenvalue weighted by atomic mass is 19.1. The molecule has 0 aliphatic heterocycles. The van der Waals surface area contributed by atoms with E-state index in [4.69, 9.17) is 0 Å². The van der Waals surface area contributed by atoms with Crippen LogP contribution in [0.15, 0.2) is 24.3 Å². The summed E-state index contributed by atoms with van der Waals surface area (Å²) in [5.74, 6) is 0.0105. The lowest BCUT2D eigenvalue weighted by atomic mass is 9.91. The molecule has 1 rings (SSSR count). The van der Waals surface area contributed by atoms with Gasteiger partial charge in [-0.2, -0.15) is 0 Å². The molecule has 0 radical (unpaired) electrons. The van der Waals surface area contributed by atoms with Gasteiger partial charge in [-0.1, -0.05) is 32.9 Å². The van der Waals surface area contributed by atoms with Crippen molar-refractivity contribution >= 4 is 5.78 Å². The van der Waals surface area contributed by atoms with Crippen molar-refractivity contribution in [3.8, 4) is 0 Å². The number of carbonyl (C=O) groups excluding carboxylic acids is 1. The van der Waals surface area contributed by atoms with Gasteiger partial charge in [0, 0.05) is 11.8 Å². The molecule has 15 heavy (non-hydrogen) atoms.